The number of hydrogen-bond acceptors (Lipinski definition) is 7. The number of ether oxygens (including phenoxy) is 2. The molecular formula is C16H16N2O6S2. The molecule has 26 heavy (non-hydrogen) atoms. The standard InChI is InChI=1S/C16H16N2O6S2/c17-26(21,22)15-7-10(9-25-15)16(20)24-8-14(19)18-12-5-6-23-13-4-2-1-3-11(12)13/h1-4,7,9,12H,5-6,8H2,(H,18,19)(H2,17,21,22). The fraction of sp³-hybridized carbons (Fsp3) is 0.250. The molecule has 0 fully saturated rings. The van der Waals surface area contributed by atoms with Crippen LogP contribution in [0.5, 0.6) is 5.75 Å². The zero-order chi connectivity index (χ0) is 18.7. The van der Waals surface area contributed by atoms with Crippen LogP contribution in [0.2, 0.25) is 0 Å². The van der Waals surface area contributed by atoms with Gasteiger partial charge in [-0.25, -0.2) is 18.4 Å². The van der Waals surface area contributed by atoms with Gasteiger partial charge in [0.25, 0.3) is 5.91 Å². The third-order valence-corrected chi connectivity index (χ3v) is 6.11. The summed E-state index contributed by atoms with van der Waals surface area (Å²) in [4.78, 5) is 24.0. The zero-order valence-corrected chi connectivity index (χ0v) is 15.1. The summed E-state index contributed by atoms with van der Waals surface area (Å²) in [5, 5.41) is 9.11. The Morgan fingerprint density at radius 1 is 1.35 bits per heavy atom. The maximum atomic E-state index is 12.1. The maximum Gasteiger partial charge on any atom is 0.339 e. The number of esters is 1. The van der Waals surface area contributed by atoms with Crippen LogP contribution in [0.4, 0.5) is 0 Å². The second-order valence-corrected chi connectivity index (χ2v) is 8.27. The van der Waals surface area contributed by atoms with Crippen molar-refractivity contribution in [2.24, 2.45) is 5.14 Å². The van der Waals surface area contributed by atoms with Gasteiger partial charge in [0.15, 0.2) is 6.61 Å². The molecule has 1 amide bonds. The number of amides is 1. The van der Waals surface area contributed by atoms with Crippen LogP contribution in [0, 0.1) is 0 Å². The molecule has 0 radical (unpaired) electrons. The zero-order valence-electron chi connectivity index (χ0n) is 13.5. The summed E-state index contributed by atoms with van der Waals surface area (Å²) in [5.41, 5.74) is 0.900. The lowest BCUT2D eigenvalue weighted by Crippen LogP contribution is -2.35. The quantitative estimate of drug-likeness (QED) is 0.732. The molecule has 1 aliphatic rings. The molecule has 10 heteroatoms. The van der Waals surface area contributed by atoms with Crippen LogP contribution in [0.15, 0.2) is 39.9 Å². The number of rotatable bonds is 5. The van der Waals surface area contributed by atoms with Gasteiger partial charge in [0.1, 0.15) is 9.96 Å². The molecule has 1 unspecified atom stereocenters. The van der Waals surface area contributed by atoms with E-state index >= 15 is 0 Å². The fourth-order valence-corrected chi connectivity index (χ4v) is 4.09. The van der Waals surface area contributed by atoms with Crippen LogP contribution in [0.1, 0.15) is 28.4 Å². The van der Waals surface area contributed by atoms with E-state index < -0.39 is 28.5 Å². The summed E-state index contributed by atoms with van der Waals surface area (Å²) in [6.45, 7) is 0.00586. The molecule has 1 aromatic carbocycles. The molecule has 0 spiro atoms. The van der Waals surface area contributed by atoms with Crippen LogP contribution < -0.4 is 15.2 Å². The monoisotopic (exact) mass is 396 g/mol. The Morgan fingerprint density at radius 3 is 2.85 bits per heavy atom. The van der Waals surface area contributed by atoms with Gasteiger partial charge in [-0.05, 0) is 12.1 Å². The molecule has 3 N–H and O–H groups in total. The minimum absolute atomic E-state index is 0.0308. The number of thiophene rings is 1. The highest BCUT2D eigenvalue weighted by Gasteiger charge is 2.23. The molecule has 1 aliphatic heterocycles. The second-order valence-electron chi connectivity index (χ2n) is 5.57. The van der Waals surface area contributed by atoms with Crippen LogP contribution in [-0.2, 0) is 19.6 Å². The Hall–Kier alpha value is -2.43. The summed E-state index contributed by atoms with van der Waals surface area (Å²) in [7, 11) is -3.87. The number of carbonyl (C=O) groups is 2. The van der Waals surface area contributed by atoms with Crippen LogP contribution in [-0.4, -0.2) is 33.5 Å². The number of benzene rings is 1. The molecule has 1 atom stereocenters. The fourth-order valence-electron chi connectivity index (χ4n) is 2.52. The van der Waals surface area contributed by atoms with Gasteiger partial charge in [-0.2, -0.15) is 0 Å². The third-order valence-electron chi connectivity index (χ3n) is 3.72. The van der Waals surface area contributed by atoms with E-state index in [4.69, 9.17) is 14.6 Å². The Labute approximate surface area is 154 Å². The second kappa shape index (κ2) is 7.44. The number of fused-ring (bicyclic) bond motifs is 1. The molecular weight excluding hydrogens is 380 g/mol. The summed E-state index contributed by atoms with van der Waals surface area (Å²) in [6, 6.07) is 8.29. The van der Waals surface area contributed by atoms with Gasteiger partial charge < -0.3 is 14.8 Å². The summed E-state index contributed by atoms with van der Waals surface area (Å²) < 4.78 is 32.8. The van der Waals surface area contributed by atoms with Crippen molar-refractivity contribution in [3.05, 3.63) is 46.8 Å². The van der Waals surface area contributed by atoms with E-state index in [0.717, 1.165) is 28.7 Å². The topological polar surface area (TPSA) is 125 Å². The van der Waals surface area contributed by atoms with Crippen molar-refractivity contribution in [3.8, 4) is 5.75 Å². The summed E-state index contributed by atoms with van der Waals surface area (Å²) in [5.74, 6) is -0.532. The largest absolute Gasteiger partial charge is 0.493 e. The van der Waals surface area contributed by atoms with Crippen molar-refractivity contribution in [1.82, 2.24) is 5.32 Å². The van der Waals surface area contributed by atoms with Gasteiger partial charge in [0.05, 0.1) is 18.2 Å². The summed E-state index contributed by atoms with van der Waals surface area (Å²) in [6.07, 6.45) is 0.610. The van der Waals surface area contributed by atoms with Gasteiger partial charge in [-0.3, -0.25) is 4.79 Å². The molecule has 0 saturated carbocycles. The first kappa shape index (κ1) is 18.4. The van der Waals surface area contributed by atoms with Crippen molar-refractivity contribution in [1.29, 1.82) is 0 Å². The Kier molecular flexibility index (Phi) is 5.25. The molecule has 0 bridgehead atoms. The minimum atomic E-state index is -3.87. The lowest BCUT2D eigenvalue weighted by Gasteiger charge is -2.26. The predicted octanol–water partition coefficient (Wildman–Crippen LogP) is 1.19. The highest BCUT2D eigenvalue weighted by atomic mass is 32.2. The van der Waals surface area contributed by atoms with E-state index in [-0.39, 0.29) is 15.8 Å². The van der Waals surface area contributed by atoms with Gasteiger partial charge in [0.2, 0.25) is 10.0 Å². The van der Waals surface area contributed by atoms with Gasteiger partial charge in [-0.15, -0.1) is 11.3 Å². The number of primary sulfonamides is 1. The van der Waals surface area contributed by atoms with Crippen LogP contribution >= 0.6 is 11.3 Å². The van der Waals surface area contributed by atoms with E-state index in [9.17, 15) is 18.0 Å². The first-order chi connectivity index (χ1) is 12.3. The van der Waals surface area contributed by atoms with Gasteiger partial charge in [-0.1, -0.05) is 18.2 Å². The van der Waals surface area contributed by atoms with E-state index in [1.807, 2.05) is 24.3 Å². The number of sulfonamides is 1. The Balaban J connectivity index is 1.56. The third kappa shape index (κ3) is 4.21. The Bertz CT molecular complexity index is 938. The average molecular weight is 396 g/mol. The molecule has 1 aromatic heterocycles. The Morgan fingerprint density at radius 2 is 2.12 bits per heavy atom. The molecule has 2 aromatic rings. The number of hydrogen-bond donors (Lipinski definition) is 2. The number of nitrogens with two attached hydrogens (primary N) is 1. The van der Waals surface area contributed by atoms with Crippen LogP contribution in [0.25, 0.3) is 0 Å². The van der Waals surface area contributed by atoms with E-state index in [1.54, 1.807) is 0 Å². The first-order valence-electron chi connectivity index (χ1n) is 7.64. The lowest BCUT2D eigenvalue weighted by atomic mass is 10.0. The van der Waals surface area contributed by atoms with Crippen molar-refractivity contribution < 1.29 is 27.5 Å². The SMILES string of the molecule is NS(=O)(=O)c1cc(C(=O)OCC(=O)NC2CCOc3ccccc32)cs1. The number of nitrogens with one attached hydrogen (secondary N) is 1. The highest BCUT2D eigenvalue weighted by Crippen LogP contribution is 2.31. The average Bonchev–Trinajstić information content (AvgIpc) is 3.11. The van der Waals surface area contributed by atoms with Gasteiger partial charge >= 0.3 is 5.97 Å². The number of carbonyl (C=O) groups excluding carboxylic acids is 2. The molecule has 138 valence electrons. The lowest BCUT2D eigenvalue weighted by molar-refractivity contribution is -0.125. The molecule has 0 saturated heterocycles. The first-order valence-corrected chi connectivity index (χ1v) is 10.1. The minimum Gasteiger partial charge on any atom is -0.493 e. The summed E-state index contributed by atoms with van der Waals surface area (Å²) >= 11 is 0.812. The van der Waals surface area contributed by atoms with E-state index in [1.165, 1.54) is 5.38 Å². The van der Waals surface area contributed by atoms with E-state index in [2.05, 4.69) is 5.32 Å². The highest BCUT2D eigenvalue weighted by molar-refractivity contribution is 7.91. The molecule has 0 aliphatic carbocycles. The molecule has 3 rings (SSSR count). The van der Waals surface area contributed by atoms with Crippen molar-refractivity contribution in [2.75, 3.05) is 13.2 Å². The number of para-hydroxylation sites is 1. The maximum absolute atomic E-state index is 12.1. The predicted molar refractivity (Wildman–Crippen MR) is 93.4 cm³/mol. The molecule has 2 heterocycles. The van der Waals surface area contributed by atoms with E-state index in [0.29, 0.717) is 13.0 Å². The van der Waals surface area contributed by atoms with Crippen LogP contribution in [0.3, 0.4) is 0 Å². The smallest absolute Gasteiger partial charge is 0.339 e. The van der Waals surface area contributed by atoms with Crippen molar-refractivity contribution in [2.45, 2.75) is 16.7 Å². The molecule has 8 nitrogen and oxygen atoms in total. The normalized spacial score (nSPS) is 16.3. The van der Waals surface area contributed by atoms with Crippen molar-refractivity contribution >= 4 is 33.2 Å². The van der Waals surface area contributed by atoms with Gasteiger partial charge in [0, 0.05) is 17.4 Å². The van der Waals surface area contributed by atoms with Crippen molar-refractivity contribution in [3.63, 3.8) is 0 Å².